The van der Waals surface area contributed by atoms with Crippen molar-refractivity contribution in [2.45, 2.75) is 0 Å². The minimum atomic E-state index is -0.451. The molecule has 0 fully saturated rings. The van der Waals surface area contributed by atoms with E-state index < -0.39 is 5.82 Å². The van der Waals surface area contributed by atoms with E-state index in [1.165, 1.54) is 10.7 Å². The second-order valence-electron chi connectivity index (χ2n) is 2.67. The monoisotopic (exact) mass is 304 g/mol. The fourth-order valence-corrected chi connectivity index (χ4v) is 1.44. The van der Waals surface area contributed by atoms with Gasteiger partial charge in [0.2, 0.25) is 0 Å². The fourth-order valence-electron chi connectivity index (χ4n) is 1.06. The number of halogens is 2. The van der Waals surface area contributed by atoms with Crippen LogP contribution in [0.2, 0.25) is 0 Å². The third-order valence-corrected chi connectivity index (χ3v) is 2.19. The van der Waals surface area contributed by atoms with E-state index >= 15 is 0 Å². The number of nitrogens with two attached hydrogens (primary N) is 1. The quantitative estimate of drug-likeness (QED) is 0.814. The van der Waals surface area contributed by atoms with Gasteiger partial charge in [0.25, 0.3) is 0 Å². The first kappa shape index (κ1) is 9.38. The molecule has 6 heteroatoms. The molecule has 0 aliphatic carbocycles. The first-order valence-electron chi connectivity index (χ1n) is 3.78. The number of hydrogen-bond donors (Lipinski definition) is 1. The molecule has 0 radical (unpaired) electrons. The molecule has 2 heterocycles. The molecule has 0 atom stereocenters. The van der Waals surface area contributed by atoms with Crippen molar-refractivity contribution in [1.82, 2.24) is 14.8 Å². The Labute approximate surface area is 93.1 Å². The second-order valence-corrected chi connectivity index (χ2v) is 3.92. The van der Waals surface area contributed by atoms with E-state index in [1.807, 2.05) is 0 Å². The first-order chi connectivity index (χ1) is 6.66. The molecule has 2 aromatic heterocycles. The lowest BCUT2D eigenvalue weighted by molar-refractivity contribution is 0.620. The standard InChI is InChI=1S/C8H6FIN4/c9-5-1-7(11)8(12-2-5)14-4-6(10)3-13-14/h1-4H,11H2. The molecule has 0 saturated carbocycles. The van der Waals surface area contributed by atoms with Crippen LogP contribution in [0.15, 0.2) is 24.7 Å². The summed E-state index contributed by atoms with van der Waals surface area (Å²) in [6.07, 6.45) is 4.54. The van der Waals surface area contributed by atoms with Crippen LogP contribution in [0.4, 0.5) is 10.1 Å². The van der Waals surface area contributed by atoms with Crippen molar-refractivity contribution in [1.29, 1.82) is 0 Å². The van der Waals surface area contributed by atoms with Gasteiger partial charge in [-0.05, 0) is 22.6 Å². The third kappa shape index (κ3) is 1.69. The summed E-state index contributed by atoms with van der Waals surface area (Å²) in [5.74, 6) is -0.0116. The molecule has 2 rings (SSSR count). The van der Waals surface area contributed by atoms with E-state index in [1.54, 1.807) is 12.4 Å². The van der Waals surface area contributed by atoms with Crippen molar-refractivity contribution < 1.29 is 4.39 Å². The smallest absolute Gasteiger partial charge is 0.176 e. The molecule has 0 bridgehead atoms. The van der Waals surface area contributed by atoms with Gasteiger partial charge in [0.15, 0.2) is 5.82 Å². The van der Waals surface area contributed by atoms with Crippen molar-refractivity contribution in [3.8, 4) is 5.82 Å². The van der Waals surface area contributed by atoms with Crippen LogP contribution in [0.1, 0.15) is 0 Å². The molecule has 0 aromatic carbocycles. The van der Waals surface area contributed by atoms with E-state index in [-0.39, 0.29) is 5.69 Å². The first-order valence-corrected chi connectivity index (χ1v) is 4.86. The topological polar surface area (TPSA) is 56.7 Å². The van der Waals surface area contributed by atoms with Gasteiger partial charge < -0.3 is 5.73 Å². The van der Waals surface area contributed by atoms with Crippen LogP contribution in [0.5, 0.6) is 0 Å². The predicted molar refractivity (Wildman–Crippen MR) is 58.4 cm³/mol. The van der Waals surface area contributed by atoms with Gasteiger partial charge >= 0.3 is 0 Å². The minimum absolute atomic E-state index is 0.268. The fraction of sp³-hybridized carbons (Fsp3) is 0. The van der Waals surface area contributed by atoms with Gasteiger partial charge in [-0.2, -0.15) is 5.10 Å². The van der Waals surface area contributed by atoms with Crippen molar-refractivity contribution in [3.05, 3.63) is 34.0 Å². The summed E-state index contributed by atoms with van der Waals surface area (Å²) in [4.78, 5) is 3.86. The average Bonchev–Trinajstić information content (AvgIpc) is 2.51. The van der Waals surface area contributed by atoms with Gasteiger partial charge in [-0.3, -0.25) is 0 Å². The van der Waals surface area contributed by atoms with E-state index in [0.717, 1.165) is 9.77 Å². The van der Waals surface area contributed by atoms with Gasteiger partial charge in [0, 0.05) is 12.3 Å². The van der Waals surface area contributed by atoms with Gasteiger partial charge in [0.05, 0.1) is 21.7 Å². The van der Waals surface area contributed by atoms with E-state index in [0.29, 0.717) is 5.82 Å². The van der Waals surface area contributed by atoms with Gasteiger partial charge in [0.1, 0.15) is 5.82 Å². The largest absolute Gasteiger partial charge is 0.396 e. The number of nitrogen functional groups attached to an aromatic ring is 1. The van der Waals surface area contributed by atoms with Crippen LogP contribution in [-0.2, 0) is 0 Å². The Balaban J connectivity index is 2.52. The molecule has 14 heavy (non-hydrogen) atoms. The lowest BCUT2D eigenvalue weighted by Crippen LogP contribution is -2.03. The zero-order valence-corrected chi connectivity index (χ0v) is 9.14. The Morgan fingerprint density at radius 3 is 2.79 bits per heavy atom. The molecular weight excluding hydrogens is 298 g/mol. The highest BCUT2D eigenvalue weighted by atomic mass is 127. The van der Waals surface area contributed by atoms with Crippen LogP contribution in [0.25, 0.3) is 5.82 Å². The number of hydrogen-bond acceptors (Lipinski definition) is 3. The summed E-state index contributed by atoms with van der Waals surface area (Å²) in [7, 11) is 0. The van der Waals surface area contributed by atoms with Crippen molar-refractivity contribution in [2.75, 3.05) is 5.73 Å². The Morgan fingerprint density at radius 1 is 1.43 bits per heavy atom. The van der Waals surface area contributed by atoms with Crippen LogP contribution in [0.3, 0.4) is 0 Å². The maximum absolute atomic E-state index is 12.7. The Bertz CT molecular complexity index is 468. The number of anilines is 1. The Kier molecular flexibility index (Phi) is 2.36. The second kappa shape index (κ2) is 3.52. The molecule has 4 nitrogen and oxygen atoms in total. The lowest BCUT2D eigenvalue weighted by atomic mass is 10.4. The molecule has 2 aromatic rings. The molecule has 72 valence electrons. The molecule has 0 unspecified atom stereocenters. The van der Waals surface area contributed by atoms with Crippen molar-refractivity contribution >= 4 is 28.3 Å². The van der Waals surface area contributed by atoms with Gasteiger partial charge in [-0.15, -0.1) is 0 Å². The molecule has 0 aliphatic rings. The number of pyridine rings is 1. The summed E-state index contributed by atoms with van der Waals surface area (Å²) in [6.45, 7) is 0. The zero-order valence-electron chi connectivity index (χ0n) is 6.98. The van der Waals surface area contributed by atoms with Crippen LogP contribution in [0, 0.1) is 9.39 Å². The maximum Gasteiger partial charge on any atom is 0.176 e. The maximum atomic E-state index is 12.7. The summed E-state index contributed by atoms with van der Waals surface area (Å²) < 4.78 is 15.2. The Hall–Kier alpha value is -1.18. The average molecular weight is 304 g/mol. The van der Waals surface area contributed by atoms with E-state index in [2.05, 4.69) is 32.7 Å². The summed E-state index contributed by atoms with van der Waals surface area (Å²) in [5.41, 5.74) is 5.86. The number of aromatic nitrogens is 3. The molecule has 0 saturated heterocycles. The van der Waals surface area contributed by atoms with Gasteiger partial charge in [-0.1, -0.05) is 0 Å². The normalized spacial score (nSPS) is 10.4. The molecule has 0 amide bonds. The highest BCUT2D eigenvalue weighted by molar-refractivity contribution is 14.1. The summed E-state index contributed by atoms with van der Waals surface area (Å²) >= 11 is 2.12. The predicted octanol–water partition coefficient (Wildman–Crippen LogP) is 1.59. The highest BCUT2D eigenvalue weighted by Gasteiger charge is 2.05. The van der Waals surface area contributed by atoms with E-state index in [9.17, 15) is 4.39 Å². The van der Waals surface area contributed by atoms with Crippen LogP contribution in [-0.4, -0.2) is 14.8 Å². The Morgan fingerprint density at radius 2 is 2.21 bits per heavy atom. The molecule has 2 N–H and O–H groups in total. The van der Waals surface area contributed by atoms with Crippen LogP contribution < -0.4 is 5.73 Å². The summed E-state index contributed by atoms with van der Waals surface area (Å²) in [5, 5.41) is 4.02. The van der Waals surface area contributed by atoms with E-state index in [4.69, 9.17) is 5.73 Å². The number of nitrogens with zero attached hydrogens (tertiary/aromatic N) is 3. The molecule has 0 aliphatic heterocycles. The lowest BCUT2D eigenvalue weighted by Gasteiger charge is -2.03. The van der Waals surface area contributed by atoms with Crippen molar-refractivity contribution in [2.24, 2.45) is 0 Å². The van der Waals surface area contributed by atoms with Crippen LogP contribution >= 0.6 is 22.6 Å². The molecular formula is C8H6FIN4. The number of rotatable bonds is 1. The summed E-state index contributed by atoms with van der Waals surface area (Å²) in [6, 6.07) is 1.22. The third-order valence-electron chi connectivity index (χ3n) is 1.63. The van der Waals surface area contributed by atoms with Crippen molar-refractivity contribution in [3.63, 3.8) is 0 Å². The SMILES string of the molecule is Nc1cc(F)cnc1-n1cc(I)cn1. The van der Waals surface area contributed by atoms with Gasteiger partial charge in [-0.25, -0.2) is 14.1 Å². The molecule has 0 spiro atoms. The minimum Gasteiger partial charge on any atom is -0.396 e. The zero-order chi connectivity index (χ0) is 10.1. The highest BCUT2D eigenvalue weighted by Crippen LogP contribution is 2.15.